The summed E-state index contributed by atoms with van der Waals surface area (Å²) in [5.41, 5.74) is 0.675. The number of hydrogen-bond donors (Lipinski definition) is 2. The Bertz CT molecular complexity index is 490. The van der Waals surface area contributed by atoms with Crippen molar-refractivity contribution in [2.24, 2.45) is 5.92 Å². The molecular formula is C15H22N2O4. The Labute approximate surface area is 124 Å². The van der Waals surface area contributed by atoms with Crippen molar-refractivity contribution in [1.29, 1.82) is 0 Å². The van der Waals surface area contributed by atoms with Gasteiger partial charge in [0.2, 0.25) is 0 Å². The van der Waals surface area contributed by atoms with Crippen LogP contribution in [0.3, 0.4) is 0 Å². The van der Waals surface area contributed by atoms with Crippen molar-refractivity contribution >= 4 is 17.7 Å². The summed E-state index contributed by atoms with van der Waals surface area (Å²) >= 11 is 0. The van der Waals surface area contributed by atoms with E-state index in [0.717, 1.165) is 6.42 Å². The molecule has 0 saturated carbocycles. The van der Waals surface area contributed by atoms with Crippen molar-refractivity contribution < 1.29 is 19.4 Å². The van der Waals surface area contributed by atoms with Crippen LogP contribution in [0.2, 0.25) is 0 Å². The number of benzene rings is 1. The number of rotatable bonds is 7. The molecule has 2 N–H and O–H groups in total. The highest BCUT2D eigenvalue weighted by Crippen LogP contribution is 2.19. The minimum Gasteiger partial charge on any atom is -0.497 e. The second-order valence-corrected chi connectivity index (χ2v) is 4.77. The van der Waals surface area contributed by atoms with Crippen molar-refractivity contribution in [3.63, 3.8) is 0 Å². The summed E-state index contributed by atoms with van der Waals surface area (Å²) in [7, 11) is 3.18. The van der Waals surface area contributed by atoms with Crippen molar-refractivity contribution in [3.05, 3.63) is 24.3 Å². The van der Waals surface area contributed by atoms with Crippen molar-refractivity contribution in [2.75, 3.05) is 25.6 Å². The Kier molecular flexibility index (Phi) is 6.52. The van der Waals surface area contributed by atoms with Crippen LogP contribution in [0.25, 0.3) is 0 Å². The lowest BCUT2D eigenvalue weighted by Gasteiger charge is -2.20. The first-order valence-electron chi connectivity index (χ1n) is 6.88. The van der Waals surface area contributed by atoms with E-state index in [4.69, 9.17) is 9.84 Å². The molecular weight excluding hydrogens is 272 g/mol. The molecule has 0 spiro atoms. The number of carboxylic acid groups (broad SMARTS) is 1. The first-order chi connectivity index (χ1) is 9.99. The molecule has 0 saturated heterocycles. The summed E-state index contributed by atoms with van der Waals surface area (Å²) in [5.74, 6) is -0.791. The van der Waals surface area contributed by atoms with E-state index in [-0.39, 0.29) is 12.6 Å². The van der Waals surface area contributed by atoms with Crippen LogP contribution in [0.4, 0.5) is 10.5 Å². The number of ether oxygens (including phenoxy) is 1. The van der Waals surface area contributed by atoms with Crippen molar-refractivity contribution in [1.82, 2.24) is 5.32 Å². The molecule has 0 heterocycles. The van der Waals surface area contributed by atoms with E-state index in [9.17, 15) is 9.59 Å². The molecule has 1 aromatic rings. The SMILES string of the molecule is CCCC(CNC(=O)N(C)c1cccc(OC)c1)C(=O)O. The summed E-state index contributed by atoms with van der Waals surface area (Å²) in [5, 5.41) is 11.7. The van der Waals surface area contributed by atoms with Crippen LogP contribution in [0.1, 0.15) is 19.8 Å². The van der Waals surface area contributed by atoms with Crippen LogP contribution in [-0.4, -0.2) is 37.8 Å². The van der Waals surface area contributed by atoms with Gasteiger partial charge in [0.1, 0.15) is 5.75 Å². The second-order valence-electron chi connectivity index (χ2n) is 4.77. The zero-order valence-corrected chi connectivity index (χ0v) is 12.6. The molecule has 0 aliphatic rings. The average Bonchev–Trinajstić information content (AvgIpc) is 2.50. The molecule has 1 atom stereocenters. The molecule has 21 heavy (non-hydrogen) atoms. The number of hydrogen-bond acceptors (Lipinski definition) is 3. The maximum atomic E-state index is 12.1. The van der Waals surface area contributed by atoms with Crippen LogP contribution in [0, 0.1) is 5.92 Å². The molecule has 0 aliphatic heterocycles. The van der Waals surface area contributed by atoms with E-state index in [2.05, 4.69) is 5.32 Å². The van der Waals surface area contributed by atoms with E-state index < -0.39 is 11.9 Å². The van der Waals surface area contributed by atoms with Crippen LogP contribution < -0.4 is 15.0 Å². The number of carbonyl (C=O) groups excluding carboxylic acids is 1. The summed E-state index contributed by atoms with van der Waals surface area (Å²) in [6.45, 7) is 2.04. The Morgan fingerprint density at radius 1 is 1.43 bits per heavy atom. The molecule has 0 fully saturated rings. The van der Waals surface area contributed by atoms with Crippen molar-refractivity contribution in [3.8, 4) is 5.75 Å². The lowest BCUT2D eigenvalue weighted by Crippen LogP contribution is -2.41. The zero-order valence-electron chi connectivity index (χ0n) is 12.6. The Balaban J connectivity index is 2.63. The summed E-state index contributed by atoms with van der Waals surface area (Å²) in [4.78, 5) is 24.5. The van der Waals surface area contributed by atoms with Gasteiger partial charge in [0.25, 0.3) is 0 Å². The maximum Gasteiger partial charge on any atom is 0.321 e. The van der Waals surface area contributed by atoms with Crippen molar-refractivity contribution in [2.45, 2.75) is 19.8 Å². The van der Waals surface area contributed by atoms with Gasteiger partial charge in [-0.2, -0.15) is 0 Å². The van der Waals surface area contributed by atoms with Gasteiger partial charge in [-0.05, 0) is 18.6 Å². The monoisotopic (exact) mass is 294 g/mol. The van der Waals surface area contributed by atoms with Crippen LogP contribution in [-0.2, 0) is 4.79 Å². The van der Waals surface area contributed by atoms with Gasteiger partial charge in [-0.1, -0.05) is 19.4 Å². The predicted molar refractivity (Wildman–Crippen MR) is 80.8 cm³/mol. The fraction of sp³-hybridized carbons (Fsp3) is 0.467. The highest BCUT2D eigenvalue weighted by Gasteiger charge is 2.19. The van der Waals surface area contributed by atoms with E-state index in [0.29, 0.717) is 17.9 Å². The average molecular weight is 294 g/mol. The largest absolute Gasteiger partial charge is 0.497 e. The number of nitrogens with zero attached hydrogens (tertiary/aromatic N) is 1. The smallest absolute Gasteiger partial charge is 0.321 e. The fourth-order valence-corrected chi connectivity index (χ4v) is 1.93. The number of anilines is 1. The molecule has 0 bridgehead atoms. The molecule has 0 aromatic heterocycles. The number of carboxylic acids is 1. The van der Waals surface area contributed by atoms with Gasteiger partial charge >= 0.3 is 12.0 Å². The summed E-state index contributed by atoms with van der Waals surface area (Å²) in [6.07, 6.45) is 1.30. The van der Waals surface area contributed by atoms with Crippen LogP contribution in [0.5, 0.6) is 5.75 Å². The number of aliphatic carboxylic acids is 1. The third kappa shape index (κ3) is 4.98. The number of carbonyl (C=O) groups is 2. The quantitative estimate of drug-likeness (QED) is 0.809. The number of urea groups is 1. The number of methoxy groups -OCH3 is 1. The summed E-state index contributed by atoms with van der Waals surface area (Å²) in [6, 6.07) is 6.75. The van der Waals surface area contributed by atoms with Crippen LogP contribution >= 0.6 is 0 Å². The highest BCUT2D eigenvalue weighted by atomic mass is 16.5. The molecule has 1 unspecified atom stereocenters. The van der Waals surface area contributed by atoms with Gasteiger partial charge < -0.3 is 15.2 Å². The summed E-state index contributed by atoms with van der Waals surface area (Å²) < 4.78 is 5.11. The Hall–Kier alpha value is -2.24. The molecule has 116 valence electrons. The minimum atomic E-state index is -0.888. The van der Waals surface area contributed by atoms with E-state index >= 15 is 0 Å². The zero-order chi connectivity index (χ0) is 15.8. The first kappa shape index (κ1) is 16.8. The maximum absolute atomic E-state index is 12.1. The molecule has 0 radical (unpaired) electrons. The fourth-order valence-electron chi connectivity index (χ4n) is 1.93. The van der Waals surface area contributed by atoms with Gasteiger partial charge in [0, 0.05) is 25.3 Å². The van der Waals surface area contributed by atoms with Gasteiger partial charge in [0.05, 0.1) is 13.0 Å². The topological polar surface area (TPSA) is 78.9 Å². The van der Waals surface area contributed by atoms with Gasteiger partial charge in [-0.3, -0.25) is 9.69 Å². The predicted octanol–water partition coefficient (Wildman–Crippen LogP) is 2.34. The number of amides is 2. The van der Waals surface area contributed by atoms with E-state index in [1.807, 2.05) is 6.92 Å². The standard InChI is InChI=1S/C15H22N2O4/c1-4-6-11(14(18)19)10-16-15(20)17(2)12-7-5-8-13(9-12)21-3/h5,7-9,11H,4,6,10H2,1-3H3,(H,16,20)(H,18,19). The third-order valence-electron chi connectivity index (χ3n) is 3.23. The lowest BCUT2D eigenvalue weighted by molar-refractivity contribution is -0.141. The highest BCUT2D eigenvalue weighted by molar-refractivity contribution is 5.91. The third-order valence-corrected chi connectivity index (χ3v) is 3.23. The minimum absolute atomic E-state index is 0.121. The Morgan fingerprint density at radius 2 is 2.14 bits per heavy atom. The Morgan fingerprint density at radius 3 is 2.71 bits per heavy atom. The van der Waals surface area contributed by atoms with Gasteiger partial charge in [-0.15, -0.1) is 0 Å². The second kappa shape index (κ2) is 8.14. The molecule has 6 heteroatoms. The lowest BCUT2D eigenvalue weighted by atomic mass is 10.0. The van der Waals surface area contributed by atoms with Crippen LogP contribution in [0.15, 0.2) is 24.3 Å². The molecule has 6 nitrogen and oxygen atoms in total. The number of nitrogens with one attached hydrogen (secondary N) is 1. The normalized spacial score (nSPS) is 11.6. The molecule has 1 aromatic carbocycles. The van der Waals surface area contributed by atoms with E-state index in [1.54, 1.807) is 38.4 Å². The molecule has 0 aliphatic carbocycles. The van der Waals surface area contributed by atoms with E-state index in [1.165, 1.54) is 4.90 Å². The molecule has 2 amide bonds. The van der Waals surface area contributed by atoms with Gasteiger partial charge in [0.15, 0.2) is 0 Å². The molecule has 1 rings (SSSR count). The van der Waals surface area contributed by atoms with Gasteiger partial charge in [-0.25, -0.2) is 4.79 Å². The first-order valence-corrected chi connectivity index (χ1v) is 6.88.